The standard InChI is InChI=1S/C25H35N7O/c1-16(2)14-32(15-17(3)4)23-11-10-19(13-22(23)28-24-12-18(5)33-30-24)20-8-6-7-9-21(20)25(26)29-31-27/h6-13,16-17,31H,14-15,27H2,1-5H3,(H2,26,29)(H,28,30). The minimum Gasteiger partial charge on any atom is -0.382 e. The summed E-state index contributed by atoms with van der Waals surface area (Å²) >= 11 is 0. The number of nitrogens with one attached hydrogen (secondary N) is 2. The maximum absolute atomic E-state index is 6.16. The number of aryl methyl sites for hydroxylation is 1. The van der Waals surface area contributed by atoms with Gasteiger partial charge >= 0.3 is 0 Å². The first kappa shape index (κ1) is 24.1. The number of amidine groups is 1. The first-order valence-electron chi connectivity index (χ1n) is 11.3. The van der Waals surface area contributed by atoms with Gasteiger partial charge in [0.1, 0.15) is 5.76 Å². The molecule has 3 rings (SSSR count). The molecule has 0 bridgehead atoms. The molecule has 6 N–H and O–H groups in total. The average Bonchev–Trinajstić information content (AvgIpc) is 3.17. The molecule has 1 heterocycles. The zero-order chi connectivity index (χ0) is 24.0. The Bertz CT molecular complexity index is 1080. The third kappa shape index (κ3) is 6.26. The number of aromatic nitrogens is 1. The molecule has 0 saturated carbocycles. The van der Waals surface area contributed by atoms with Gasteiger partial charge in [0, 0.05) is 24.7 Å². The lowest BCUT2D eigenvalue weighted by atomic mass is 9.97. The van der Waals surface area contributed by atoms with Crippen LogP contribution in [-0.4, -0.2) is 24.1 Å². The summed E-state index contributed by atoms with van der Waals surface area (Å²) in [7, 11) is 0. The summed E-state index contributed by atoms with van der Waals surface area (Å²) in [5.41, 5.74) is 13.3. The molecule has 0 spiro atoms. The molecule has 0 radical (unpaired) electrons. The zero-order valence-electron chi connectivity index (χ0n) is 20.1. The summed E-state index contributed by atoms with van der Waals surface area (Å²) in [5, 5.41) is 11.6. The van der Waals surface area contributed by atoms with E-state index in [1.807, 2.05) is 37.3 Å². The minimum absolute atomic E-state index is 0.319. The Labute approximate surface area is 196 Å². The second-order valence-electron chi connectivity index (χ2n) is 9.04. The molecule has 0 aliphatic carbocycles. The van der Waals surface area contributed by atoms with Crippen molar-refractivity contribution in [3.8, 4) is 11.1 Å². The Hall–Kier alpha value is -3.52. The van der Waals surface area contributed by atoms with Crippen LogP contribution >= 0.6 is 0 Å². The van der Waals surface area contributed by atoms with Gasteiger partial charge in [0.15, 0.2) is 11.7 Å². The van der Waals surface area contributed by atoms with Gasteiger partial charge in [-0.3, -0.25) is 0 Å². The summed E-state index contributed by atoms with van der Waals surface area (Å²) in [4.78, 5) is 2.43. The maximum atomic E-state index is 6.16. The Kier molecular flexibility index (Phi) is 7.95. The Balaban J connectivity index is 2.12. The molecule has 8 nitrogen and oxygen atoms in total. The van der Waals surface area contributed by atoms with Gasteiger partial charge in [-0.1, -0.05) is 63.2 Å². The highest BCUT2D eigenvalue weighted by Gasteiger charge is 2.18. The highest BCUT2D eigenvalue weighted by Crippen LogP contribution is 2.35. The van der Waals surface area contributed by atoms with Crippen LogP contribution in [0.15, 0.2) is 58.2 Å². The highest BCUT2D eigenvalue weighted by molar-refractivity contribution is 6.03. The van der Waals surface area contributed by atoms with Crippen LogP contribution in [-0.2, 0) is 0 Å². The molecular weight excluding hydrogens is 414 g/mol. The number of hydrogen-bond donors (Lipinski definition) is 4. The van der Waals surface area contributed by atoms with E-state index in [2.05, 4.69) is 71.9 Å². The summed E-state index contributed by atoms with van der Waals surface area (Å²) in [6.45, 7) is 12.7. The van der Waals surface area contributed by atoms with E-state index in [0.29, 0.717) is 23.5 Å². The zero-order valence-corrected chi connectivity index (χ0v) is 20.1. The van der Waals surface area contributed by atoms with Crippen LogP contribution in [0, 0.1) is 18.8 Å². The number of hydrogen-bond acceptors (Lipinski definition) is 7. The van der Waals surface area contributed by atoms with Crippen molar-refractivity contribution in [2.24, 2.45) is 28.5 Å². The van der Waals surface area contributed by atoms with Crippen molar-refractivity contribution in [2.75, 3.05) is 23.3 Å². The molecular formula is C25H35N7O. The van der Waals surface area contributed by atoms with Gasteiger partial charge in [-0.25, -0.2) is 11.4 Å². The molecule has 0 saturated heterocycles. The van der Waals surface area contributed by atoms with Crippen LogP contribution in [0.4, 0.5) is 17.2 Å². The van der Waals surface area contributed by atoms with E-state index in [-0.39, 0.29) is 0 Å². The first-order chi connectivity index (χ1) is 15.8. The van der Waals surface area contributed by atoms with E-state index in [1.54, 1.807) is 0 Å². The van der Waals surface area contributed by atoms with E-state index in [1.165, 1.54) is 0 Å². The van der Waals surface area contributed by atoms with Crippen molar-refractivity contribution in [1.29, 1.82) is 0 Å². The predicted octanol–water partition coefficient (Wildman–Crippen LogP) is 4.60. The molecule has 0 aliphatic heterocycles. The van der Waals surface area contributed by atoms with Crippen molar-refractivity contribution in [3.05, 3.63) is 59.9 Å². The molecule has 33 heavy (non-hydrogen) atoms. The van der Waals surface area contributed by atoms with Crippen LogP contribution in [0.5, 0.6) is 0 Å². The second-order valence-corrected chi connectivity index (χ2v) is 9.04. The van der Waals surface area contributed by atoms with Crippen molar-refractivity contribution in [3.63, 3.8) is 0 Å². The minimum atomic E-state index is 0.319. The fourth-order valence-corrected chi connectivity index (χ4v) is 3.88. The first-order valence-corrected chi connectivity index (χ1v) is 11.3. The van der Waals surface area contributed by atoms with E-state index < -0.39 is 0 Å². The van der Waals surface area contributed by atoms with Crippen LogP contribution in [0.3, 0.4) is 0 Å². The van der Waals surface area contributed by atoms with Crippen LogP contribution in [0.2, 0.25) is 0 Å². The molecule has 3 aromatic rings. The van der Waals surface area contributed by atoms with Gasteiger partial charge in [0.05, 0.1) is 11.4 Å². The molecule has 0 unspecified atom stereocenters. The average molecular weight is 450 g/mol. The molecule has 8 heteroatoms. The molecule has 0 amide bonds. The summed E-state index contributed by atoms with van der Waals surface area (Å²) in [6.07, 6.45) is 0. The quantitative estimate of drug-likeness (QED) is 0.155. The number of rotatable bonds is 10. The third-order valence-corrected chi connectivity index (χ3v) is 5.10. The number of anilines is 3. The monoisotopic (exact) mass is 449 g/mol. The number of nitrogens with two attached hydrogens (primary N) is 2. The maximum Gasteiger partial charge on any atom is 0.174 e. The molecule has 2 aromatic carbocycles. The van der Waals surface area contributed by atoms with Crippen molar-refractivity contribution < 1.29 is 4.52 Å². The summed E-state index contributed by atoms with van der Waals surface area (Å²) in [5.74, 6) is 8.13. The van der Waals surface area contributed by atoms with E-state index >= 15 is 0 Å². The van der Waals surface area contributed by atoms with Crippen molar-refractivity contribution in [2.45, 2.75) is 34.6 Å². The summed E-state index contributed by atoms with van der Waals surface area (Å²) in [6, 6.07) is 16.1. The number of hydrazone groups is 1. The highest BCUT2D eigenvalue weighted by atomic mass is 16.5. The second kappa shape index (κ2) is 10.9. The van der Waals surface area contributed by atoms with E-state index in [0.717, 1.165) is 46.9 Å². The fraction of sp³-hybridized carbons (Fsp3) is 0.360. The van der Waals surface area contributed by atoms with Gasteiger partial charge in [-0.15, -0.1) is 5.10 Å². The lowest BCUT2D eigenvalue weighted by Gasteiger charge is -2.31. The number of nitrogens with zero attached hydrogens (tertiary/aromatic N) is 3. The number of benzene rings is 2. The topological polar surface area (TPSA) is 118 Å². The smallest absolute Gasteiger partial charge is 0.174 e. The largest absolute Gasteiger partial charge is 0.382 e. The van der Waals surface area contributed by atoms with Gasteiger partial charge in [0.25, 0.3) is 0 Å². The van der Waals surface area contributed by atoms with E-state index in [4.69, 9.17) is 16.1 Å². The van der Waals surface area contributed by atoms with Crippen LogP contribution in [0.25, 0.3) is 11.1 Å². The SMILES string of the molecule is Cc1cc(Nc2cc(-c3ccccc3/C(N)=N/NN)ccc2N(CC(C)C)CC(C)C)no1. The summed E-state index contributed by atoms with van der Waals surface area (Å²) < 4.78 is 5.28. The van der Waals surface area contributed by atoms with Gasteiger partial charge in [-0.2, -0.15) is 0 Å². The van der Waals surface area contributed by atoms with Crippen molar-refractivity contribution >= 4 is 23.0 Å². The van der Waals surface area contributed by atoms with Gasteiger partial charge in [-0.05, 0) is 42.0 Å². The van der Waals surface area contributed by atoms with Crippen molar-refractivity contribution in [1.82, 2.24) is 10.7 Å². The molecule has 0 atom stereocenters. The lowest BCUT2D eigenvalue weighted by molar-refractivity contribution is 0.400. The predicted molar refractivity (Wildman–Crippen MR) is 136 cm³/mol. The Morgan fingerprint density at radius 3 is 2.36 bits per heavy atom. The Morgan fingerprint density at radius 2 is 1.76 bits per heavy atom. The molecule has 0 fully saturated rings. The normalized spacial score (nSPS) is 11.8. The Morgan fingerprint density at radius 1 is 1.06 bits per heavy atom. The number of hydrazine groups is 1. The van der Waals surface area contributed by atoms with Crippen LogP contribution < -0.4 is 27.3 Å². The fourth-order valence-electron chi connectivity index (χ4n) is 3.88. The molecule has 0 aliphatic rings. The van der Waals surface area contributed by atoms with Gasteiger partial charge < -0.3 is 20.5 Å². The van der Waals surface area contributed by atoms with E-state index in [9.17, 15) is 0 Å². The third-order valence-electron chi connectivity index (χ3n) is 5.10. The van der Waals surface area contributed by atoms with Gasteiger partial charge in [0.2, 0.25) is 0 Å². The van der Waals surface area contributed by atoms with Crippen LogP contribution in [0.1, 0.15) is 39.0 Å². The molecule has 1 aromatic heterocycles. The molecule has 176 valence electrons. The lowest BCUT2D eigenvalue weighted by Crippen LogP contribution is -2.31.